The van der Waals surface area contributed by atoms with Crippen LogP contribution in [0.25, 0.3) is 0 Å². The van der Waals surface area contributed by atoms with Crippen molar-refractivity contribution in [3.05, 3.63) is 0 Å². The standard InChI is InChI=1S/C12H24N2OS/c1-9-8-14(6-7-16-9)10(15)11(2,3)12(4,5)13/h9H,6-8,13H2,1-5H3. The number of thioether (sulfide) groups is 1. The molecule has 1 aliphatic heterocycles. The van der Waals surface area contributed by atoms with Gasteiger partial charge in [-0.05, 0) is 27.7 Å². The normalized spacial score (nSPS) is 23.4. The van der Waals surface area contributed by atoms with Crippen molar-refractivity contribution in [2.45, 2.75) is 45.4 Å². The van der Waals surface area contributed by atoms with E-state index in [1.54, 1.807) is 0 Å². The van der Waals surface area contributed by atoms with Crippen molar-refractivity contribution in [3.8, 4) is 0 Å². The quantitative estimate of drug-likeness (QED) is 0.804. The molecule has 1 unspecified atom stereocenters. The summed E-state index contributed by atoms with van der Waals surface area (Å²) in [7, 11) is 0. The van der Waals surface area contributed by atoms with Gasteiger partial charge in [0.25, 0.3) is 0 Å². The minimum atomic E-state index is -0.505. The summed E-state index contributed by atoms with van der Waals surface area (Å²) in [6, 6.07) is 0. The van der Waals surface area contributed by atoms with Crippen LogP contribution < -0.4 is 5.73 Å². The number of amides is 1. The first-order chi connectivity index (χ1) is 7.16. The van der Waals surface area contributed by atoms with Crippen LogP contribution in [0, 0.1) is 5.41 Å². The van der Waals surface area contributed by atoms with Crippen molar-refractivity contribution in [1.82, 2.24) is 4.90 Å². The molecule has 0 aromatic heterocycles. The molecule has 1 saturated heterocycles. The number of carbonyl (C=O) groups is 1. The van der Waals surface area contributed by atoms with E-state index in [9.17, 15) is 4.79 Å². The Balaban J connectivity index is 2.77. The van der Waals surface area contributed by atoms with Gasteiger partial charge < -0.3 is 10.6 Å². The molecule has 0 aromatic rings. The zero-order chi connectivity index (χ0) is 12.6. The second-order valence-electron chi connectivity index (χ2n) is 5.78. The summed E-state index contributed by atoms with van der Waals surface area (Å²) in [5, 5.41) is 0.536. The summed E-state index contributed by atoms with van der Waals surface area (Å²) in [6.07, 6.45) is 0. The van der Waals surface area contributed by atoms with Crippen LogP contribution in [0.5, 0.6) is 0 Å². The van der Waals surface area contributed by atoms with Crippen LogP contribution >= 0.6 is 11.8 Å². The van der Waals surface area contributed by atoms with Crippen molar-refractivity contribution < 1.29 is 4.79 Å². The van der Waals surface area contributed by atoms with Crippen LogP contribution in [0.3, 0.4) is 0 Å². The largest absolute Gasteiger partial charge is 0.340 e. The predicted octanol–water partition coefficient (Wildman–Crippen LogP) is 1.71. The number of hydrogen-bond acceptors (Lipinski definition) is 3. The summed E-state index contributed by atoms with van der Waals surface area (Å²) >= 11 is 1.93. The van der Waals surface area contributed by atoms with E-state index in [1.807, 2.05) is 44.4 Å². The molecule has 2 N–H and O–H groups in total. The molecule has 1 amide bonds. The molecule has 0 spiro atoms. The Labute approximate surface area is 103 Å². The monoisotopic (exact) mass is 244 g/mol. The van der Waals surface area contributed by atoms with Gasteiger partial charge in [0, 0.05) is 29.6 Å². The summed E-state index contributed by atoms with van der Waals surface area (Å²) in [5.74, 6) is 1.22. The summed E-state index contributed by atoms with van der Waals surface area (Å²) in [4.78, 5) is 14.4. The number of hydrogen-bond donors (Lipinski definition) is 1. The first-order valence-corrected chi connectivity index (χ1v) is 6.91. The van der Waals surface area contributed by atoms with Crippen molar-refractivity contribution in [2.75, 3.05) is 18.8 Å². The zero-order valence-electron chi connectivity index (χ0n) is 11.0. The number of carbonyl (C=O) groups excluding carboxylic acids is 1. The summed E-state index contributed by atoms with van der Waals surface area (Å²) in [5.41, 5.74) is 5.11. The van der Waals surface area contributed by atoms with Gasteiger partial charge in [-0.1, -0.05) is 6.92 Å². The summed E-state index contributed by atoms with van der Waals surface area (Å²) < 4.78 is 0. The van der Waals surface area contributed by atoms with Gasteiger partial charge in [0.1, 0.15) is 0 Å². The van der Waals surface area contributed by atoms with Gasteiger partial charge in [-0.25, -0.2) is 0 Å². The first kappa shape index (κ1) is 13.8. The average Bonchev–Trinajstić information content (AvgIpc) is 2.14. The van der Waals surface area contributed by atoms with Gasteiger partial charge in [-0.2, -0.15) is 11.8 Å². The SMILES string of the molecule is CC1CN(C(=O)C(C)(C)C(C)(C)N)CCS1. The minimum absolute atomic E-state index is 0.187. The molecule has 16 heavy (non-hydrogen) atoms. The predicted molar refractivity (Wildman–Crippen MR) is 70.5 cm³/mol. The maximum absolute atomic E-state index is 12.4. The van der Waals surface area contributed by atoms with E-state index in [0.717, 1.165) is 18.8 Å². The fourth-order valence-corrected chi connectivity index (χ4v) is 2.69. The second-order valence-corrected chi connectivity index (χ2v) is 7.33. The van der Waals surface area contributed by atoms with Gasteiger partial charge >= 0.3 is 0 Å². The molecule has 0 saturated carbocycles. The Morgan fingerprint density at radius 3 is 2.38 bits per heavy atom. The Hall–Kier alpha value is -0.220. The van der Waals surface area contributed by atoms with E-state index in [0.29, 0.717) is 5.25 Å². The molecular formula is C12H24N2OS. The van der Waals surface area contributed by atoms with Crippen molar-refractivity contribution in [1.29, 1.82) is 0 Å². The smallest absolute Gasteiger partial charge is 0.230 e. The van der Waals surface area contributed by atoms with E-state index in [4.69, 9.17) is 5.73 Å². The topological polar surface area (TPSA) is 46.3 Å². The molecule has 0 aliphatic carbocycles. The lowest BCUT2D eigenvalue weighted by Crippen LogP contribution is -2.58. The van der Waals surface area contributed by atoms with Crippen LogP contribution in [0.15, 0.2) is 0 Å². The molecule has 0 radical (unpaired) electrons. The van der Waals surface area contributed by atoms with Gasteiger partial charge in [0.15, 0.2) is 0 Å². The van der Waals surface area contributed by atoms with Crippen LogP contribution in [-0.4, -0.2) is 40.4 Å². The molecule has 0 bridgehead atoms. The lowest BCUT2D eigenvalue weighted by molar-refractivity contribution is -0.143. The molecule has 3 nitrogen and oxygen atoms in total. The van der Waals surface area contributed by atoms with Crippen molar-refractivity contribution >= 4 is 17.7 Å². The molecule has 94 valence electrons. The van der Waals surface area contributed by atoms with Crippen LogP contribution in [0.1, 0.15) is 34.6 Å². The van der Waals surface area contributed by atoms with E-state index in [2.05, 4.69) is 6.92 Å². The number of rotatable bonds is 2. The molecule has 1 fully saturated rings. The Morgan fingerprint density at radius 2 is 1.94 bits per heavy atom. The molecule has 0 aromatic carbocycles. The Kier molecular flexibility index (Phi) is 3.95. The van der Waals surface area contributed by atoms with E-state index >= 15 is 0 Å². The molecule has 4 heteroatoms. The lowest BCUT2D eigenvalue weighted by Gasteiger charge is -2.42. The maximum atomic E-state index is 12.4. The Bertz CT molecular complexity index is 271. The molecule has 1 rings (SSSR count). The minimum Gasteiger partial charge on any atom is -0.340 e. The third kappa shape index (κ3) is 2.72. The average molecular weight is 244 g/mol. The highest BCUT2D eigenvalue weighted by molar-refractivity contribution is 7.99. The second kappa shape index (κ2) is 4.57. The highest BCUT2D eigenvalue weighted by atomic mass is 32.2. The van der Waals surface area contributed by atoms with Crippen LogP contribution in [-0.2, 0) is 4.79 Å². The number of nitrogens with zero attached hydrogens (tertiary/aromatic N) is 1. The number of nitrogens with two attached hydrogens (primary N) is 1. The Morgan fingerprint density at radius 1 is 1.38 bits per heavy atom. The van der Waals surface area contributed by atoms with E-state index < -0.39 is 11.0 Å². The lowest BCUT2D eigenvalue weighted by atomic mass is 9.74. The van der Waals surface area contributed by atoms with E-state index in [1.165, 1.54) is 0 Å². The van der Waals surface area contributed by atoms with Crippen LogP contribution in [0.2, 0.25) is 0 Å². The van der Waals surface area contributed by atoms with Gasteiger partial charge in [-0.15, -0.1) is 0 Å². The first-order valence-electron chi connectivity index (χ1n) is 5.86. The van der Waals surface area contributed by atoms with Gasteiger partial charge in [-0.3, -0.25) is 4.79 Å². The molecule has 1 atom stereocenters. The molecule has 1 aliphatic rings. The van der Waals surface area contributed by atoms with Crippen LogP contribution in [0.4, 0.5) is 0 Å². The fraction of sp³-hybridized carbons (Fsp3) is 0.917. The highest BCUT2D eigenvalue weighted by Gasteiger charge is 2.43. The fourth-order valence-electron chi connectivity index (χ4n) is 1.67. The molecular weight excluding hydrogens is 220 g/mol. The maximum Gasteiger partial charge on any atom is 0.230 e. The zero-order valence-corrected chi connectivity index (χ0v) is 11.9. The summed E-state index contributed by atoms with van der Waals surface area (Å²) in [6.45, 7) is 11.6. The third-order valence-corrected chi connectivity index (χ3v) is 4.81. The third-order valence-electron chi connectivity index (χ3n) is 3.67. The highest BCUT2D eigenvalue weighted by Crippen LogP contribution is 2.32. The van der Waals surface area contributed by atoms with Gasteiger partial charge in [0.05, 0.1) is 5.41 Å². The van der Waals surface area contributed by atoms with Crippen molar-refractivity contribution in [3.63, 3.8) is 0 Å². The van der Waals surface area contributed by atoms with Gasteiger partial charge in [0.2, 0.25) is 5.91 Å². The molecule has 1 heterocycles. The van der Waals surface area contributed by atoms with E-state index in [-0.39, 0.29) is 5.91 Å². The van der Waals surface area contributed by atoms with Crippen molar-refractivity contribution in [2.24, 2.45) is 11.1 Å².